The molecule has 0 bridgehead atoms. The van der Waals surface area contributed by atoms with Gasteiger partial charge in [0.15, 0.2) is 12.2 Å². The Morgan fingerprint density at radius 2 is 1.02 bits per heavy atom. The van der Waals surface area contributed by atoms with E-state index in [0.29, 0.717) is 78.4 Å². The predicted octanol–water partition coefficient (Wildman–Crippen LogP) is 3.13. The second-order valence-electron chi connectivity index (χ2n) is 15.2. The fourth-order valence-corrected chi connectivity index (χ4v) is 6.32. The van der Waals surface area contributed by atoms with Gasteiger partial charge in [0.1, 0.15) is 16.3 Å². The molecule has 3 aromatic heterocycles. The predicted molar refractivity (Wildman–Crippen MR) is 292 cm³/mol. The summed E-state index contributed by atoms with van der Waals surface area (Å²) in [6.07, 6.45) is 6.33. The molecule has 0 aliphatic carbocycles. The van der Waals surface area contributed by atoms with Gasteiger partial charge in [-0.2, -0.15) is 15.0 Å². The summed E-state index contributed by atoms with van der Waals surface area (Å²) in [6.45, 7) is 15.6. The number of alkyl halides is 1. The van der Waals surface area contributed by atoms with Gasteiger partial charge >= 0.3 is 116 Å². The van der Waals surface area contributed by atoms with Crippen LogP contribution >= 0.6 is 15.9 Å². The van der Waals surface area contributed by atoms with Gasteiger partial charge in [0.05, 0.1) is 13.2 Å². The number of rotatable bonds is 22. The number of ether oxygens (including phenoxy) is 4. The smallest absolute Gasteiger partial charge is 0.870 e. The fraction of sp³-hybridized carbons (Fsp3) is 0.462. The Labute approximate surface area is 616 Å². The van der Waals surface area contributed by atoms with Crippen molar-refractivity contribution < 1.29 is 187 Å². The van der Waals surface area contributed by atoms with Crippen molar-refractivity contribution in [1.29, 1.82) is 0 Å². The summed E-state index contributed by atoms with van der Waals surface area (Å²) in [5.74, 6) is 3.08. The number of hydrogen-bond acceptors (Lipinski definition) is 21. The summed E-state index contributed by atoms with van der Waals surface area (Å²) >= 11 is 3.27. The number of carboxylic acids is 1. The summed E-state index contributed by atoms with van der Waals surface area (Å²) in [5, 5.41) is 43.5. The first-order valence-electron chi connectivity index (χ1n) is 23.8. The van der Waals surface area contributed by atoms with Crippen LogP contribution in [0.4, 0.5) is 4.70 Å². The van der Waals surface area contributed by atoms with E-state index in [1.54, 1.807) is 76.2 Å². The van der Waals surface area contributed by atoms with Crippen molar-refractivity contribution in [1.82, 2.24) is 30.4 Å². The van der Waals surface area contributed by atoms with E-state index in [4.69, 9.17) is 52.8 Å². The van der Waals surface area contributed by atoms with Gasteiger partial charge in [-0.3, -0.25) is 14.3 Å². The van der Waals surface area contributed by atoms with E-state index in [0.717, 1.165) is 68.7 Å². The molecule has 3 heterocycles. The first-order valence-corrected chi connectivity index (χ1v) is 24.7. The second kappa shape index (κ2) is 54.7. The van der Waals surface area contributed by atoms with Gasteiger partial charge in [-0.15, -0.1) is 0 Å². The number of carbonyl (C=O) groups is 4. The van der Waals surface area contributed by atoms with Gasteiger partial charge in [-0.25, -0.2) is 9.59 Å². The van der Waals surface area contributed by atoms with Crippen LogP contribution in [0.3, 0.4) is 0 Å². The number of nitrogens with zero attached hydrogens (tertiary/aromatic N) is 6. The van der Waals surface area contributed by atoms with E-state index in [-0.39, 0.29) is 210 Å². The number of aliphatic hydroxyl groups excluding tert-OH is 1. The molecule has 3 aromatic carbocycles. The van der Waals surface area contributed by atoms with Crippen LogP contribution in [0.5, 0.6) is 17.2 Å². The summed E-state index contributed by atoms with van der Waals surface area (Å²) in [5.41, 5.74) is 2.31. The minimum absolute atomic E-state index is 0. The van der Waals surface area contributed by atoms with Crippen LogP contribution in [0.15, 0.2) is 86.4 Å². The number of aliphatic carboxylic acids is 1. The van der Waals surface area contributed by atoms with Crippen LogP contribution in [0, 0.1) is 20.8 Å². The maximum absolute atomic E-state index is 12.0. The van der Waals surface area contributed by atoms with Crippen LogP contribution in [0.1, 0.15) is 119 Å². The largest absolute Gasteiger partial charge is 1.00 e. The number of halogens is 2. The van der Waals surface area contributed by atoms with Crippen molar-refractivity contribution in [3.8, 4) is 51.4 Å². The summed E-state index contributed by atoms with van der Waals surface area (Å²) in [7, 11) is 1.00. The molecule has 0 amide bonds. The van der Waals surface area contributed by atoms with Gasteiger partial charge in [0, 0.05) is 127 Å². The molecule has 6 aromatic rings. The monoisotopic (exact) mass is 1440 g/mol. The molecule has 28 heteroatoms. The van der Waals surface area contributed by atoms with Crippen molar-refractivity contribution in [3.63, 3.8) is 0 Å². The SMILES string of the molecule is C.CCCCC(Br)C(=O)OCC.CCCCC(Oc1cccc(-c2noc(C)n2)c1)C(=O)O.CCCCC(Oc1cccc(-c2noc(C)n2)c1)C(=O)OCC.CO.Cc1nc(-c2cccc([OH2+])c2)no1.F.O=CO[O-].[Cs+].[Cs].[HH].[Na+].[OH-]. The van der Waals surface area contributed by atoms with E-state index >= 15 is 0 Å². The first kappa shape index (κ1) is 89.0. The average Bonchev–Trinajstić information content (AvgIpc) is 4.18. The Hall–Kier alpha value is -2.25. The number of carboxylic acid groups (broad SMARTS) is 1. The summed E-state index contributed by atoms with van der Waals surface area (Å²) in [4.78, 5) is 57.7. The van der Waals surface area contributed by atoms with Crippen LogP contribution in [0.2, 0.25) is 0 Å². The molecule has 3 unspecified atom stereocenters. The molecular formula is C52H77BrCs2FN6NaO17+. The molecule has 433 valence electrons. The van der Waals surface area contributed by atoms with Crippen molar-refractivity contribution in [2.45, 2.75) is 138 Å². The Balaban J connectivity index is -0.000000175. The summed E-state index contributed by atoms with van der Waals surface area (Å²) in [6, 6.07) is 21.4. The van der Waals surface area contributed by atoms with Crippen LogP contribution in [0.25, 0.3) is 34.2 Å². The fourth-order valence-electron chi connectivity index (χ4n) is 5.86. The van der Waals surface area contributed by atoms with E-state index < -0.39 is 18.2 Å². The number of aryl methyl sites for hydroxylation is 3. The topological polar surface area (TPSA) is 348 Å². The van der Waals surface area contributed by atoms with Crippen molar-refractivity contribution in [2.24, 2.45) is 0 Å². The Bertz CT molecular complexity index is 2520. The Kier molecular flexibility index (Phi) is 60.8. The normalized spacial score (nSPS) is 10.3. The molecule has 0 aliphatic rings. The van der Waals surface area contributed by atoms with Crippen LogP contribution < -0.4 is 113 Å². The number of hydrogen-bond donors (Lipinski definition) is 2. The van der Waals surface area contributed by atoms with E-state index in [9.17, 15) is 19.5 Å². The molecule has 6 rings (SSSR count). The van der Waals surface area contributed by atoms with Gasteiger partial charge in [-0.05, 0) is 70.2 Å². The van der Waals surface area contributed by atoms with Gasteiger partial charge in [-0.1, -0.05) is 122 Å². The minimum atomic E-state index is -0.954. The zero-order valence-corrected chi connectivity index (χ0v) is 63.3. The van der Waals surface area contributed by atoms with Gasteiger partial charge in [0.2, 0.25) is 35.1 Å². The molecule has 23 nitrogen and oxygen atoms in total. The van der Waals surface area contributed by atoms with Gasteiger partial charge in [0.25, 0.3) is 12.2 Å². The molecule has 1 radical (unpaired) electrons. The average molecular weight is 1450 g/mol. The van der Waals surface area contributed by atoms with Crippen LogP contribution in [-0.2, 0) is 33.5 Å². The molecule has 80 heavy (non-hydrogen) atoms. The summed E-state index contributed by atoms with van der Waals surface area (Å²) < 4.78 is 36.1. The molecular weight excluding hydrogens is 1370 g/mol. The Morgan fingerprint density at radius 1 is 0.675 bits per heavy atom. The van der Waals surface area contributed by atoms with Crippen molar-refractivity contribution in [3.05, 3.63) is 90.5 Å². The zero-order chi connectivity index (χ0) is 55.3. The molecule has 0 spiro atoms. The van der Waals surface area contributed by atoms with E-state index in [2.05, 4.69) is 65.1 Å². The molecule has 0 saturated carbocycles. The number of esters is 2. The third kappa shape index (κ3) is 37.9. The standard InChI is InChI=1S/C17H22N2O4.C15H18N2O4.C9H8N2O2.C8H15BrO2.CH2O3.CH4O.CH4.2Cs.FH.Na.H2O.H2/c1-4-6-10-15(17(20)21-5-2)22-14-9-7-8-13(11-14)16-18-12(3)23-19-16;1-3-4-8-13(15(18)19)20-12-7-5-6-11(9-12)14-16-10(2)21-17-14;1-6-10-9(11-13-6)7-3-2-4-8(12)5-7;1-3-5-6-7(9)8(10)11-4-2;2-1-4-3;1-2;;;;;;;/h7-9,11,15H,4-6,10H2,1-3H3;5-7,9,13H,3-4,8H2,1-2H3,(H,18,19);2-5,12H,1H3;7H,3-6H2,1-2H3;1,3H;2H,1H3;1H4;;;1H;;1H2;1H/q;;;;;;;;+1;;+1;;/p-1. The molecule has 3 atom stereocenters. The third-order valence-electron chi connectivity index (χ3n) is 9.30. The molecule has 5 N–H and O–H groups in total. The van der Waals surface area contributed by atoms with Crippen molar-refractivity contribution in [2.75, 3.05) is 20.3 Å². The minimum Gasteiger partial charge on any atom is -0.870 e. The number of aromatic nitrogens is 6. The number of carbonyl (C=O) groups excluding carboxylic acids is 3. The van der Waals surface area contributed by atoms with Gasteiger partial charge < -0.3 is 63.5 Å². The maximum atomic E-state index is 12.0. The number of unbranched alkanes of at least 4 members (excludes halogenated alkanes) is 3. The quantitative estimate of drug-likeness (QED) is 0.0187. The number of aliphatic hydroxyl groups is 1. The zero-order valence-electron chi connectivity index (χ0n) is 47.1. The molecule has 0 fully saturated rings. The maximum Gasteiger partial charge on any atom is 1.00 e. The van der Waals surface area contributed by atoms with E-state index in [1.165, 1.54) is 0 Å². The van der Waals surface area contributed by atoms with E-state index in [1.807, 2.05) is 38.1 Å². The van der Waals surface area contributed by atoms with Crippen LogP contribution in [-0.4, -0.2) is 182 Å². The molecule has 0 aliphatic heterocycles. The second-order valence-corrected chi connectivity index (χ2v) is 16.3. The molecule has 0 saturated heterocycles. The Morgan fingerprint density at radius 3 is 1.36 bits per heavy atom. The number of benzene rings is 3. The first-order chi connectivity index (χ1) is 35.6. The third-order valence-corrected chi connectivity index (χ3v) is 10.1. The van der Waals surface area contributed by atoms with Crippen molar-refractivity contribution >= 4 is 109 Å².